The first kappa shape index (κ1) is 45.2. The molecule has 8 nitrogen and oxygen atoms in total. The molecule has 2 heterocycles. The maximum atomic E-state index is 6.83. The summed E-state index contributed by atoms with van der Waals surface area (Å²) in [6, 6.07) is 16.7. The fourth-order valence-electron chi connectivity index (χ4n) is 5.72. The Morgan fingerprint density at radius 2 is 0.811 bits per heavy atom. The van der Waals surface area contributed by atoms with E-state index in [9.17, 15) is 0 Å². The molecule has 4 rings (SSSR count). The zero-order valence-electron chi connectivity index (χ0n) is 32.9. The Bertz CT molecular complexity index is 1420. The van der Waals surface area contributed by atoms with E-state index in [2.05, 4.69) is 91.8 Å². The molecule has 15 heteroatoms. The Balaban J connectivity index is 1.70. The van der Waals surface area contributed by atoms with Crippen molar-refractivity contribution in [2.24, 2.45) is 0 Å². The quantitative estimate of drug-likeness (QED) is 0.0311. The highest BCUT2D eigenvalue weighted by atomic mass is 33.5. The third kappa shape index (κ3) is 10.9. The van der Waals surface area contributed by atoms with Crippen molar-refractivity contribution in [2.75, 3.05) is 51.1 Å². The molecular formula is C38H60N2O6S5Si2. The van der Waals surface area contributed by atoms with Gasteiger partial charge in [0, 0.05) is 51.1 Å². The molecule has 0 bridgehead atoms. The number of rotatable bonds is 28. The van der Waals surface area contributed by atoms with E-state index < -0.39 is 27.7 Å². The fraction of sp³-hybridized carbons (Fsp3) is 0.632. The van der Waals surface area contributed by atoms with Crippen LogP contribution in [-0.2, 0) is 36.6 Å². The molecule has 0 radical (unpaired) electrons. The van der Waals surface area contributed by atoms with Crippen LogP contribution < -0.4 is 0 Å². The summed E-state index contributed by atoms with van der Waals surface area (Å²) in [5.74, 6) is 1.42. The Morgan fingerprint density at radius 3 is 1.09 bits per heavy atom. The lowest BCUT2D eigenvalue weighted by molar-refractivity contribution is 0.0385. The van der Waals surface area contributed by atoms with Gasteiger partial charge in [0.15, 0.2) is 0 Å². The molecule has 0 aliphatic heterocycles. The van der Waals surface area contributed by atoms with Crippen LogP contribution in [0.4, 0.5) is 0 Å². The van der Waals surface area contributed by atoms with Crippen molar-refractivity contribution in [3.05, 3.63) is 58.5 Å². The molecule has 296 valence electrons. The minimum atomic E-state index is -3.32. The molecule has 53 heavy (non-hydrogen) atoms. The Kier molecular flexibility index (Phi) is 19.1. The lowest BCUT2D eigenvalue weighted by Crippen LogP contribution is -2.63. The minimum Gasteiger partial charge on any atom is -0.373 e. The van der Waals surface area contributed by atoms with Crippen molar-refractivity contribution in [2.45, 2.75) is 104 Å². The summed E-state index contributed by atoms with van der Waals surface area (Å²) in [7, 11) is -1.22. The van der Waals surface area contributed by atoms with Crippen molar-refractivity contribution < 1.29 is 26.6 Å². The average molecular weight is 857 g/mol. The lowest BCUT2D eigenvalue weighted by Gasteiger charge is -2.42. The first-order valence-corrected chi connectivity index (χ1v) is 28.1. The first-order chi connectivity index (χ1) is 25.7. The molecule has 4 aromatic rings. The number of nitrogens with zero attached hydrogens (tertiary/aromatic N) is 2. The number of benzene rings is 2. The van der Waals surface area contributed by atoms with Gasteiger partial charge in [0.2, 0.25) is 0 Å². The molecular weight excluding hydrogens is 797 g/mol. The molecule has 0 N–H and O–H groups in total. The van der Waals surface area contributed by atoms with Crippen molar-refractivity contribution in [3.8, 4) is 0 Å². The van der Waals surface area contributed by atoms with Crippen LogP contribution >= 0.6 is 54.1 Å². The monoisotopic (exact) mass is 856 g/mol. The van der Waals surface area contributed by atoms with Gasteiger partial charge >= 0.3 is 17.6 Å². The molecule has 0 aliphatic rings. The van der Waals surface area contributed by atoms with Crippen LogP contribution in [0.5, 0.6) is 0 Å². The number of hydrogen-bond acceptors (Lipinski definition) is 13. The van der Waals surface area contributed by atoms with Crippen molar-refractivity contribution in [1.29, 1.82) is 0 Å². The topological polar surface area (TPSA) is 81.2 Å². The second-order valence-corrected chi connectivity index (χ2v) is 25.9. The molecule has 0 fully saturated rings. The molecule has 0 spiro atoms. The fourth-order valence-corrected chi connectivity index (χ4v) is 21.6. The second-order valence-electron chi connectivity index (χ2n) is 13.4. The van der Waals surface area contributed by atoms with Gasteiger partial charge in [0.1, 0.15) is 10.0 Å². The summed E-state index contributed by atoms with van der Waals surface area (Å²) >= 11 is 3.46. The molecule has 2 aromatic heterocycles. The number of para-hydroxylation sites is 2. The van der Waals surface area contributed by atoms with E-state index in [-0.39, 0.29) is 0 Å². The molecule has 0 saturated carbocycles. The highest BCUT2D eigenvalue weighted by Gasteiger charge is 2.63. The lowest BCUT2D eigenvalue weighted by atomic mass is 10.2. The zero-order valence-corrected chi connectivity index (χ0v) is 39.0. The number of thiazole rings is 2. The van der Waals surface area contributed by atoms with Gasteiger partial charge in [-0.15, -0.1) is 22.7 Å². The van der Waals surface area contributed by atoms with Gasteiger partial charge in [0.25, 0.3) is 0 Å². The molecule has 2 aromatic carbocycles. The van der Waals surface area contributed by atoms with E-state index in [1.807, 2.05) is 33.7 Å². The van der Waals surface area contributed by atoms with Crippen LogP contribution in [0.1, 0.15) is 104 Å². The largest absolute Gasteiger partial charge is 0.515 e. The van der Waals surface area contributed by atoms with Gasteiger partial charge in [0.05, 0.1) is 30.5 Å². The standard InChI is InChI=1S/C38H60N2O6S5Si2/c1-9-23-41-52(42-24-10-2,43-25-11-3)37(7,35-39-31-19-15-17-21-33(31)49-35)29-47-51-48-30-38(8,36-40-32-20-16-18-22-34(32)50-36)53(44-26-12-4,45-27-13-5)46-28-14-6/h15-22H,9-14,23-30H2,1-8H3. The van der Waals surface area contributed by atoms with Crippen LogP contribution in [-0.4, -0.2) is 78.7 Å². The van der Waals surface area contributed by atoms with E-state index in [1.54, 1.807) is 32.5 Å². The SMILES string of the molecule is CCCO[Si](OCCC)(OCCC)C(C)(CSSSCC(C)(c1nc2ccccc2s1)[Si](OCCC)(OCCC)OCCC)c1nc2ccccc2s1. The van der Waals surface area contributed by atoms with Gasteiger partial charge in [-0.3, -0.25) is 0 Å². The predicted molar refractivity (Wildman–Crippen MR) is 235 cm³/mol. The van der Waals surface area contributed by atoms with E-state index in [0.29, 0.717) is 51.1 Å². The Morgan fingerprint density at radius 1 is 0.509 bits per heavy atom. The van der Waals surface area contributed by atoms with Crippen LogP contribution in [0.25, 0.3) is 20.4 Å². The van der Waals surface area contributed by atoms with Crippen LogP contribution in [0.15, 0.2) is 48.5 Å². The number of fused-ring (bicyclic) bond motifs is 2. The van der Waals surface area contributed by atoms with E-state index in [1.165, 1.54) is 0 Å². The molecule has 0 saturated heterocycles. The van der Waals surface area contributed by atoms with E-state index in [0.717, 1.165) is 69.0 Å². The smallest absolute Gasteiger partial charge is 0.373 e. The number of aromatic nitrogens is 2. The summed E-state index contributed by atoms with van der Waals surface area (Å²) in [5, 5.41) is 0.849. The van der Waals surface area contributed by atoms with Crippen molar-refractivity contribution >= 4 is 92.1 Å². The van der Waals surface area contributed by atoms with Crippen LogP contribution in [0, 0.1) is 0 Å². The Labute approximate surface area is 340 Å². The van der Waals surface area contributed by atoms with E-state index in [4.69, 9.17) is 36.5 Å². The van der Waals surface area contributed by atoms with Gasteiger partial charge in [-0.1, -0.05) is 87.4 Å². The van der Waals surface area contributed by atoms with Crippen molar-refractivity contribution in [3.63, 3.8) is 0 Å². The zero-order chi connectivity index (χ0) is 38.2. The summed E-state index contributed by atoms with van der Waals surface area (Å²) in [6.07, 6.45) is 5.27. The second kappa shape index (κ2) is 22.4. The normalized spacial score (nSPS) is 14.9. The third-order valence-electron chi connectivity index (χ3n) is 8.65. The maximum absolute atomic E-state index is 6.83. The molecule has 0 amide bonds. The van der Waals surface area contributed by atoms with Crippen molar-refractivity contribution in [1.82, 2.24) is 9.97 Å². The summed E-state index contributed by atoms with van der Waals surface area (Å²) in [5.41, 5.74) is 1.99. The van der Waals surface area contributed by atoms with E-state index >= 15 is 0 Å². The van der Waals surface area contributed by atoms with Crippen LogP contribution in [0.2, 0.25) is 0 Å². The third-order valence-corrected chi connectivity index (χ3v) is 23.8. The predicted octanol–water partition coefficient (Wildman–Crippen LogP) is 11.7. The van der Waals surface area contributed by atoms with Gasteiger partial charge < -0.3 is 26.6 Å². The number of hydrogen-bond donors (Lipinski definition) is 0. The molecule has 2 atom stereocenters. The van der Waals surface area contributed by atoms with Gasteiger partial charge in [-0.25, -0.2) is 9.97 Å². The first-order valence-electron chi connectivity index (χ1n) is 19.2. The van der Waals surface area contributed by atoms with Gasteiger partial charge in [-0.05, 0) is 86.5 Å². The highest BCUT2D eigenvalue weighted by Crippen LogP contribution is 2.50. The average Bonchev–Trinajstić information content (AvgIpc) is 3.83. The van der Waals surface area contributed by atoms with Gasteiger partial charge in [-0.2, -0.15) is 0 Å². The summed E-state index contributed by atoms with van der Waals surface area (Å²) < 4.78 is 43.3. The Hall–Kier alpha value is -0.536. The highest BCUT2D eigenvalue weighted by molar-refractivity contribution is 9.09. The molecule has 0 aliphatic carbocycles. The summed E-state index contributed by atoms with van der Waals surface area (Å²) in [4.78, 5) is 10.4. The summed E-state index contributed by atoms with van der Waals surface area (Å²) in [6.45, 7) is 20.8. The van der Waals surface area contributed by atoms with Crippen LogP contribution in [0.3, 0.4) is 0 Å². The molecule has 2 unspecified atom stereocenters. The maximum Gasteiger partial charge on any atom is 0.515 e. The minimum absolute atomic E-state index is 0.577.